The van der Waals surface area contributed by atoms with Gasteiger partial charge in [-0.2, -0.15) is 4.31 Å². The lowest BCUT2D eigenvalue weighted by Crippen LogP contribution is -2.28. The number of hydrogen-bond donors (Lipinski definition) is 2. The number of carbonyl (C=O) groups is 2. The van der Waals surface area contributed by atoms with E-state index in [-0.39, 0.29) is 10.5 Å². The van der Waals surface area contributed by atoms with Crippen LogP contribution in [0.2, 0.25) is 0 Å². The number of phenolic OH excluding ortho intramolecular Hbond substituents is 1. The molecule has 4 aromatic rings. The molecule has 0 radical (unpaired) electrons. The summed E-state index contributed by atoms with van der Waals surface area (Å²) in [7, 11) is -3.79. The van der Waals surface area contributed by atoms with E-state index in [2.05, 4.69) is 10.3 Å². The van der Waals surface area contributed by atoms with E-state index in [9.17, 15) is 23.1 Å². The summed E-state index contributed by atoms with van der Waals surface area (Å²) < 4.78 is 32.0. The number of anilines is 1. The number of phenols is 1. The van der Waals surface area contributed by atoms with Crippen LogP contribution in [0, 0.1) is 0 Å². The van der Waals surface area contributed by atoms with Crippen LogP contribution >= 0.6 is 11.3 Å². The van der Waals surface area contributed by atoms with Crippen molar-refractivity contribution >= 4 is 38.4 Å². The lowest BCUT2D eigenvalue weighted by molar-refractivity contribution is -0.119. The molecule has 1 aliphatic heterocycles. The van der Waals surface area contributed by atoms with Gasteiger partial charge < -0.3 is 9.84 Å². The third kappa shape index (κ3) is 6.00. The maximum absolute atomic E-state index is 12.8. The first-order chi connectivity index (χ1) is 18.8. The zero-order valence-electron chi connectivity index (χ0n) is 20.7. The lowest BCUT2D eigenvalue weighted by Gasteiger charge is -2.16. The molecule has 0 spiro atoms. The Bertz CT molecular complexity index is 1600. The molecule has 0 bridgehead atoms. The topological polar surface area (TPSA) is 126 Å². The number of ether oxygens (including phenoxy) is 1. The average molecular weight is 564 g/mol. The molecule has 3 aromatic carbocycles. The third-order valence-corrected chi connectivity index (χ3v) is 8.92. The largest absolute Gasteiger partial charge is 0.507 e. The second kappa shape index (κ2) is 11.4. The summed E-state index contributed by atoms with van der Waals surface area (Å²) in [4.78, 5) is 29.3. The van der Waals surface area contributed by atoms with Crippen molar-refractivity contribution in [3.63, 3.8) is 0 Å². The minimum absolute atomic E-state index is 0.120. The number of nitrogens with zero attached hydrogens (tertiary/aromatic N) is 2. The Labute approximate surface area is 229 Å². The Morgan fingerprint density at radius 1 is 0.949 bits per heavy atom. The first-order valence-corrected chi connectivity index (χ1v) is 14.5. The minimum Gasteiger partial charge on any atom is -0.507 e. The molecule has 1 saturated heterocycles. The second-order valence-corrected chi connectivity index (χ2v) is 11.7. The van der Waals surface area contributed by atoms with Gasteiger partial charge in [0.25, 0.3) is 5.91 Å². The van der Waals surface area contributed by atoms with Crippen LogP contribution < -0.4 is 5.32 Å². The van der Waals surface area contributed by atoms with E-state index in [1.165, 1.54) is 21.7 Å². The number of aromatic hydroxyl groups is 1. The van der Waals surface area contributed by atoms with Crippen LogP contribution in [0.4, 0.5) is 5.13 Å². The van der Waals surface area contributed by atoms with E-state index in [0.29, 0.717) is 23.9 Å². The zero-order valence-corrected chi connectivity index (χ0v) is 22.4. The quantitative estimate of drug-likeness (QED) is 0.296. The number of esters is 1. The van der Waals surface area contributed by atoms with Gasteiger partial charge in [0, 0.05) is 24.0 Å². The van der Waals surface area contributed by atoms with Gasteiger partial charge in [0.1, 0.15) is 11.3 Å². The van der Waals surface area contributed by atoms with Gasteiger partial charge in [-0.25, -0.2) is 18.2 Å². The Kier molecular flexibility index (Phi) is 7.73. The first kappa shape index (κ1) is 26.5. The van der Waals surface area contributed by atoms with E-state index >= 15 is 0 Å². The van der Waals surface area contributed by atoms with E-state index in [4.69, 9.17) is 4.74 Å². The lowest BCUT2D eigenvalue weighted by atomic mass is 10.0. The van der Waals surface area contributed by atoms with E-state index in [0.717, 1.165) is 41.7 Å². The Balaban J connectivity index is 1.19. The van der Waals surface area contributed by atoms with Crippen LogP contribution in [0.25, 0.3) is 22.4 Å². The minimum atomic E-state index is -3.79. The molecule has 1 fully saturated rings. The number of hydrogen-bond acceptors (Lipinski definition) is 8. The van der Waals surface area contributed by atoms with Crippen LogP contribution in [0.1, 0.15) is 23.2 Å². The number of sulfonamides is 1. The smallest absolute Gasteiger partial charge is 0.342 e. The maximum atomic E-state index is 12.8. The fourth-order valence-electron chi connectivity index (χ4n) is 4.21. The zero-order chi connectivity index (χ0) is 27.4. The molecular weight excluding hydrogens is 538 g/mol. The van der Waals surface area contributed by atoms with Crippen molar-refractivity contribution < 1.29 is 27.9 Å². The summed E-state index contributed by atoms with van der Waals surface area (Å²) in [6, 6.07) is 21.3. The third-order valence-electron chi connectivity index (χ3n) is 6.26. The number of nitrogens with one attached hydrogen (secondary N) is 1. The normalized spacial score (nSPS) is 13.7. The van der Waals surface area contributed by atoms with Crippen molar-refractivity contribution in [3.8, 4) is 28.1 Å². The van der Waals surface area contributed by atoms with E-state index in [1.54, 1.807) is 0 Å². The number of carbonyl (C=O) groups excluding carboxylic acids is 2. The molecule has 200 valence electrons. The fraction of sp³-hybridized carbons (Fsp3) is 0.179. The molecule has 0 atom stereocenters. The molecule has 0 unspecified atom stereocenters. The first-order valence-electron chi connectivity index (χ1n) is 12.2. The number of aromatic nitrogens is 1. The summed E-state index contributed by atoms with van der Waals surface area (Å²) in [6.07, 6.45) is 1.53. The number of thiazole rings is 1. The molecule has 1 aliphatic rings. The average Bonchev–Trinajstić information content (AvgIpc) is 3.66. The van der Waals surface area contributed by atoms with Gasteiger partial charge in [-0.05, 0) is 42.2 Å². The molecule has 0 saturated carbocycles. The predicted molar refractivity (Wildman–Crippen MR) is 148 cm³/mol. The Morgan fingerprint density at radius 3 is 2.33 bits per heavy atom. The summed E-state index contributed by atoms with van der Waals surface area (Å²) in [5.41, 5.74) is 3.43. The summed E-state index contributed by atoms with van der Waals surface area (Å²) >= 11 is 1.23. The SMILES string of the molecule is O=C(COC(=O)c1cc(S(=O)(=O)N2CCCC2)ccc1O)Nc1nc(-c2ccc(-c3ccccc3)cc2)cs1. The highest BCUT2D eigenvalue weighted by molar-refractivity contribution is 7.89. The molecule has 2 heterocycles. The van der Waals surface area contributed by atoms with Crippen LogP contribution in [-0.4, -0.2) is 54.4 Å². The Hall–Kier alpha value is -4.06. The van der Waals surface area contributed by atoms with Crippen molar-refractivity contribution in [2.75, 3.05) is 25.0 Å². The molecule has 1 aromatic heterocycles. The Morgan fingerprint density at radius 2 is 1.62 bits per heavy atom. The second-order valence-electron chi connectivity index (χ2n) is 8.90. The molecule has 0 aliphatic carbocycles. The van der Waals surface area contributed by atoms with Crippen LogP contribution in [-0.2, 0) is 19.6 Å². The molecular formula is C28H25N3O6S2. The van der Waals surface area contributed by atoms with Gasteiger partial charge in [0.15, 0.2) is 11.7 Å². The van der Waals surface area contributed by atoms with Crippen LogP contribution in [0.3, 0.4) is 0 Å². The van der Waals surface area contributed by atoms with Crippen molar-refractivity contribution in [1.29, 1.82) is 0 Å². The van der Waals surface area contributed by atoms with Crippen molar-refractivity contribution in [2.24, 2.45) is 0 Å². The standard InChI is InChI=1S/C28H25N3O6S2/c32-25-13-12-22(39(35,36)31-14-4-5-15-31)16-23(25)27(34)37-17-26(33)30-28-29-24(18-38-28)21-10-8-20(9-11-21)19-6-2-1-3-7-19/h1-3,6-13,16,18,32H,4-5,14-15,17H2,(H,29,30,33). The maximum Gasteiger partial charge on any atom is 0.342 e. The highest BCUT2D eigenvalue weighted by atomic mass is 32.2. The highest BCUT2D eigenvalue weighted by Crippen LogP contribution is 2.28. The van der Waals surface area contributed by atoms with Gasteiger partial charge in [0.2, 0.25) is 10.0 Å². The molecule has 39 heavy (non-hydrogen) atoms. The summed E-state index contributed by atoms with van der Waals surface area (Å²) in [5.74, 6) is -2.08. The molecule has 11 heteroatoms. The van der Waals surface area contributed by atoms with Gasteiger partial charge >= 0.3 is 5.97 Å². The number of amides is 1. The fourth-order valence-corrected chi connectivity index (χ4v) is 6.49. The highest BCUT2D eigenvalue weighted by Gasteiger charge is 2.29. The monoisotopic (exact) mass is 563 g/mol. The van der Waals surface area contributed by atoms with Gasteiger partial charge in [-0.3, -0.25) is 10.1 Å². The summed E-state index contributed by atoms with van der Waals surface area (Å²) in [6.45, 7) is 0.170. The van der Waals surface area contributed by atoms with Crippen LogP contribution in [0.15, 0.2) is 83.1 Å². The van der Waals surface area contributed by atoms with Gasteiger partial charge in [-0.15, -0.1) is 11.3 Å². The van der Waals surface area contributed by atoms with Gasteiger partial charge in [-0.1, -0.05) is 54.6 Å². The van der Waals surface area contributed by atoms with Crippen molar-refractivity contribution in [2.45, 2.75) is 17.7 Å². The molecule has 5 rings (SSSR count). The van der Waals surface area contributed by atoms with Gasteiger partial charge in [0.05, 0.1) is 10.6 Å². The van der Waals surface area contributed by atoms with E-state index < -0.39 is 34.3 Å². The predicted octanol–water partition coefficient (Wildman–Crippen LogP) is 4.76. The molecule has 1 amide bonds. The number of benzene rings is 3. The van der Waals surface area contributed by atoms with Crippen LogP contribution in [0.5, 0.6) is 5.75 Å². The molecule has 9 nitrogen and oxygen atoms in total. The van der Waals surface area contributed by atoms with Crippen molar-refractivity contribution in [1.82, 2.24) is 9.29 Å². The molecule has 2 N–H and O–H groups in total. The van der Waals surface area contributed by atoms with E-state index in [1.807, 2.05) is 60.0 Å². The van der Waals surface area contributed by atoms with Crippen molar-refractivity contribution in [3.05, 3.63) is 83.7 Å². The summed E-state index contributed by atoms with van der Waals surface area (Å²) in [5, 5.41) is 14.8. The number of rotatable bonds is 8.